The number of aryl methyl sites for hydroxylation is 1. The van der Waals surface area contributed by atoms with E-state index in [-0.39, 0.29) is 5.91 Å². The van der Waals surface area contributed by atoms with Gasteiger partial charge < -0.3 is 15.4 Å². The highest BCUT2D eigenvalue weighted by Crippen LogP contribution is 2.22. The molecule has 1 aromatic heterocycles. The van der Waals surface area contributed by atoms with Crippen molar-refractivity contribution in [1.82, 2.24) is 4.98 Å². The summed E-state index contributed by atoms with van der Waals surface area (Å²) in [5, 5.41) is 6.15. The zero-order chi connectivity index (χ0) is 18.5. The van der Waals surface area contributed by atoms with E-state index in [0.29, 0.717) is 17.1 Å². The van der Waals surface area contributed by atoms with Gasteiger partial charge in [-0.2, -0.15) is 0 Å². The van der Waals surface area contributed by atoms with E-state index >= 15 is 0 Å². The van der Waals surface area contributed by atoms with Gasteiger partial charge >= 0.3 is 0 Å². The Morgan fingerprint density at radius 2 is 1.81 bits per heavy atom. The number of nitrogens with zero attached hydrogens (tertiary/aromatic N) is 1. The SMILES string of the molecule is COc1cccc(NC(=O)c2ccc(Nc3cccc(C)c3C)cn2)c1. The first-order valence-corrected chi connectivity index (χ1v) is 8.31. The van der Waals surface area contributed by atoms with Gasteiger partial charge in [-0.3, -0.25) is 4.79 Å². The third-order valence-electron chi connectivity index (χ3n) is 4.21. The molecule has 5 nitrogen and oxygen atoms in total. The second kappa shape index (κ2) is 7.70. The molecule has 0 radical (unpaired) electrons. The number of ether oxygens (including phenoxy) is 1. The molecule has 5 heteroatoms. The van der Waals surface area contributed by atoms with E-state index < -0.39 is 0 Å². The molecule has 1 heterocycles. The second-order valence-corrected chi connectivity index (χ2v) is 5.99. The Morgan fingerprint density at radius 1 is 1.00 bits per heavy atom. The van der Waals surface area contributed by atoms with Gasteiger partial charge in [-0.25, -0.2) is 4.98 Å². The fourth-order valence-electron chi connectivity index (χ4n) is 2.54. The lowest BCUT2D eigenvalue weighted by atomic mass is 10.1. The molecular weight excluding hydrogens is 326 g/mol. The summed E-state index contributed by atoms with van der Waals surface area (Å²) in [6.07, 6.45) is 1.66. The lowest BCUT2D eigenvalue weighted by Crippen LogP contribution is -2.13. The van der Waals surface area contributed by atoms with Gasteiger partial charge in [0.2, 0.25) is 0 Å². The molecule has 0 aliphatic heterocycles. The maximum Gasteiger partial charge on any atom is 0.274 e. The Kier molecular flexibility index (Phi) is 5.17. The largest absolute Gasteiger partial charge is 0.497 e. The fourth-order valence-corrected chi connectivity index (χ4v) is 2.54. The van der Waals surface area contributed by atoms with Crippen LogP contribution in [-0.4, -0.2) is 18.0 Å². The van der Waals surface area contributed by atoms with Crippen molar-refractivity contribution in [1.29, 1.82) is 0 Å². The molecule has 0 atom stereocenters. The zero-order valence-electron chi connectivity index (χ0n) is 15.0. The average Bonchev–Trinajstić information content (AvgIpc) is 2.66. The van der Waals surface area contributed by atoms with Gasteiger partial charge in [0.05, 0.1) is 19.0 Å². The summed E-state index contributed by atoms with van der Waals surface area (Å²) < 4.78 is 5.16. The molecule has 2 aromatic carbocycles. The van der Waals surface area contributed by atoms with Crippen LogP contribution in [0.2, 0.25) is 0 Å². The Hall–Kier alpha value is -3.34. The van der Waals surface area contributed by atoms with Gasteiger partial charge in [0.15, 0.2) is 0 Å². The van der Waals surface area contributed by atoms with Crippen LogP contribution in [0.5, 0.6) is 5.75 Å². The second-order valence-electron chi connectivity index (χ2n) is 5.99. The molecule has 0 saturated carbocycles. The number of nitrogens with one attached hydrogen (secondary N) is 2. The van der Waals surface area contributed by atoms with Crippen molar-refractivity contribution in [2.75, 3.05) is 17.7 Å². The molecule has 0 aliphatic carbocycles. The first kappa shape index (κ1) is 17.5. The van der Waals surface area contributed by atoms with E-state index in [9.17, 15) is 4.79 Å². The van der Waals surface area contributed by atoms with Gasteiger partial charge in [0.1, 0.15) is 11.4 Å². The third kappa shape index (κ3) is 4.00. The van der Waals surface area contributed by atoms with Crippen molar-refractivity contribution in [3.63, 3.8) is 0 Å². The smallest absolute Gasteiger partial charge is 0.274 e. The summed E-state index contributed by atoms with van der Waals surface area (Å²) in [7, 11) is 1.59. The van der Waals surface area contributed by atoms with Crippen LogP contribution in [0.15, 0.2) is 60.8 Å². The molecule has 2 N–H and O–H groups in total. The quantitative estimate of drug-likeness (QED) is 0.702. The van der Waals surface area contributed by atoms with Crippen molar-refractivity contribution < 1.29 is 9.53 Å². The van der Waals surface area contributed by atoms with E-state index in [1.54, 1.807) is 31.5 Å². The molecule has 0 fully saturated rings. The normalized spacial score (nSPS) is 10.3. The highest BCUT2D eigenvalue weighted by molar-refractivity contribution is 6.03. The number of anilines is 3. The number of hydrogen-bond acceptors (Lipinski definition) is 4. The van der Waals surface area contributed by atoms with Crippen molar-refractivity contribution in [3.8, 4) is 5.75 Å². The minimum absolute atomic E-state index is 0.267. The number of methoxy groups -OCH3 is 1. The first-order valence-electron chi connectivity index (χ1n) is 8.31. The molecule has 0 bridgehead atoms. The summed E-state index contributed by atoms with van der Waals surface area (Å²) >= 11 is 0. The van der Waals surface area contributed by atoms with Crippen molar-refractivity contribution in [3.05, 3.63) is 77.6 Å². The van der Waals surface area contributed by atoms with Crippen LogP contribution in [0, 0.1) is 13.8 Å². The average molecular weight is 347 g/mol. The van der Waals surface area contributed by atoms with Crippen molar-refractivity contribution in [2.24, 2.45) is 0 Å². The zero-order valence-corrected chi connectivity index (χ0v) is 15.0. The number of benzene rings is 2. The number of pyridine rings is 1. The van der Waals surface area contributed by atoms with Crippen LogP contribution >= 0.6 is 0 Å². The molecule has 0 spiro atoms. The fraction of sp³-hybridized carbons (Fsp3) is 0.143. The van der Waals surface area contributed by atoms with E-state index in [1.807, 2.05) is 30.3 Å². The van der Waals surface area contributed by atoms with Gasteiger partial charge in [0.25, 0.3) is 5.91 Å². The summed E-state index contributed by atoms with van der Waals surface area (Å²) in [5.41, 5.74) is 5.27. The summed E-state index contributed by atoms with van der Waals surface area (Å²) in [4.78, 5) is 16.6. The predicted octanol–water partition coefficient (Wildman–Crippen LogP) is 4.70. The van der Waals surface area contributed by atoms with Crippen LogP contribution in [0.4, 0.5) is 17.1 Å². The number of carbonyl (C=O) groups is 1. The molecule has 0 aliphatic rings. The summed E-state index contributed by atoms with van der Waals surface area (Å²) in [6.45, 7) is 4.14. The van der Waals surface area contributed by atoms with Gasteiger partial charge in [-0.1, -0.05) is 18.2 Å². The maximum atomic E-state index is 12.3. The summed E-state index contributed by atoms with van der Waals surface area (Å²) in [6, 6.07) is 16.8. The molecule has 0 saturated heterocycles. The molecule has 1 amide bonds. The van der Waals surface area contributed by atoms with Crippen molar-refractivity contribution >= 4 is 23.0 Å². The monoisotopic (exact) mass is 347 g/mol. The number of carbonyl (C=O) groups excluding carboxylic acids is 1. The number of rotatable bonds is 5. The van der Waals surface area contributed by atoms with Crippen LogP contribution in [-0.2, 0) is 0 Å². The maximum absolute atomic E-state index is 12.3. The lowest BCUT2D eigenvalue weighted by molar-refractivity contribution is 0.102. The minimum atomic E-state index is -0.267. The predicted molar refractivity (Wildman–Crippen MR) is 104 cm³/mol. The number of hydrogen-bond donors (Lipinski definition) is 2. The van der Waals surface area contributed by atoms with Crippen LogP contribution in [0.3, 0.4) is 0 Å². The molecule has 26 heavy (non-hydrogen) atoms. The Bertz CT molecular complexity index is 921. The number of amides is 1. The van der Waals surface area contributed by atoms with E-state index in [4.69, 9.17) is 4.74 Å². The minimum Gasteiger partial charge on any atom is -0.497 e. The summed E-state index contributed by atoms with van der Waals surface area (Å²) in [5.74, 6) is 0.417. The van der Waals surface area contributed by atoms with Crippen LogP contribution in [0.1, 0.15) is 21.6 Å². The molecule has 0 unspecified atom stereocenters. The van der Waals surface area contributed by atoms with E-state index in [1.165, 1.54) is 11.1 Å². The first-order chi connectivity index (χ1) is 12.6. The standard InChI is InChI=1S/C21H21N3O2/c1-14-6-4-9-19(15(14)2)23-17-10-11-20(22-13-17)21(25)24-16-7-5-8-18(12-16)26-3/h4-13,23H,1-3H3,(H,24,25). The molecule has 3 aromatic rings. The highest BCUT2D eigenvalue weighted by Gasteiger charge is 2.09. The van der Waals surface area contributed by atoms with Gasteiger partial charge in [-0.05, 0) is 55.3 Å². The van der Waals surface area contributed by atoms with Gasteiger partial charge in [0, 0.05) is 17.4 Å². The Morgan fingerprint density at radius 3 is 2.54 bits per heavy atom. The topological polar surface area (TPSA) is 63.2 Å². The molecule has 132 valence electrons. The van der Waals surface area contributed by atoms with Crippen LogP contribution < -0.4 is 15.4 Å². The van der Waals surface area contributed by atoms with Crippen molar-refractivity contribution in [2.45, 2.75) is 13.8 Å². The third-order valence-corrected chi connectivity index (χ3v) is 4.21. The van der Waals surface area contributed by atoms with Gasteiger partial charge in [-0.15, -0.1) is 0 Å². The number of aromatic nitrogens is 1. The van der Waals surface area contributed by atoms with E-state index in [2.05, 4.69) is 35.5 Å². The molecular formula is C21H21N3O2. The molecule has 3 rings (SSSR count). The van der Waals surface area contributed by atoms with E-state index in [0.717, 1.165) is 11.4 Å². The lowest BCUT2D eigenvalue weighted by Gasteiger charge is -2.11. The van der Waals surface area contributed by atoms with Crippen LogP contribution in [0.25, 0.3) is 0 Å². The Balaban J connectivity index is 1.70. The Labute approximate surface area is 153 Å². The highest BCUT2D eigenvalue weighted by atomic mass is 16.5.